The van der Waals surface area contributed by atoms with Gasteiger partial charge in [0, 0.05) is 29.6 Å². The van der Waals surface area contributed by atoms with Crippen LogP contribution in [-0.2, 0) is 11.3 Å². The Kier molecular flexibility index (Phi) is 5.75. The molecule has 158 valence electrons. The first kappa shape index (κ1) is 20.4. The molecule has 0 saturated heterocycles. The predicted octanol–water partition coefficient (Wildman–Crippen LogP) is 3.35. The van der Waals surface area contributed by atoms with Crippen LogP contribution in [0.3, 0.4) is 0 Å². The molecule has 0 radical (unpaired) electrons. The van der Waals surface area contributed by atoms with E-state index in [-0.39, 0.29) is 30.0 Å². The van der Waals surface area contributed by atoms with Crippen molar-refractivity contribution >= 4 is 17.5 Å². The minimum absolute atomic E-state index is 0.0518. The van der Waals surface area contributed by atoms with E-state index in [2.05, 4.69) is 17.6 Å². The van der Waals surface area contributed by atoms with E-state index in [1.807, 2.05) is 6.92 Å². The fourth-order valence-electron chi connectivity index (χ4n) is 5.14. The number of rotatable bonds is 6. The molecule has 4 unspecified atom stereocenters. The van der Waals surface area contributed by atoms with Crippen LogP contribution in [-0.4, -0.2) is 22.4 Å². The molecule has 2 fully saturated rings. The van der Waals surface area contributed by atoms with Crippen molar-refractivity contribution in [2.75, 3.05) is 5.32 Å². The number of fused-ring (bicyclic) bond motifs is 2. The van der Waals surface area contributed by atoms with Gasteiger partial charge < -0.3 is 15.2 Å². The SMILES string of the molecule is Cc1ccc(=O)n(CC(=O)Nc2ccc(C(=O)NC(C)C3CC4CCC3C4)cc2)c1. The Hall–Kier alpha value is -2.89. The zero-order chi connectivity index (χ0) is 21.3. The highest BCUT2D eigenvalue weighted by Gasteiger charge is 2.42. The van der Waals surface area contributed by atoms with Crippen LogP contribution in [0.15, 0.2) is 47.4 Å². The molecule has 2 aromatic rings. The maximum absolute atomic E-state index is 12.6. The highest BCUT2D eigenvalue weighted by molar-refractivity contribution is 5.96. The zero-order valence-electron chi connectivity index (χ0n) is 17.6. The van der Waals surface area contributed by atoms with Crippen molar-refractivity contribution in [2.24, 2.45) is 17.8 Å². The quantitative estimate of drug-likeness (QED) is 0.771. The summed E-state index contributed by atoms with van der Waals surface area (Å²) in [5.41, 5.74) is 1.88. The van der Waals surface area contributed by atoms with E-state index in [0.717, 1.165) is 17.4 Å². The fraction of sp³-hybridized carbons (Fsp3) is 0.458. The third-order valence-electron chi connectivity index (χ3n) is 6.67. The summed E-state index contributed by atoms with van der Waals surface area (Å²) in [6.45, 7) is 3.94. The van der Waals surface area contributed by atoms with E-state index in [1.165, 1.54) is 36.3 Å². The van der Waals surface area contributed by atoms with Gasteiger partial charge in [-0.1, -0.05) is 12.5 Å². The Morgan fingerprint density at radius 1 is 1.10 bits per heavy atom. The topological polar surface area (TPSA) is 80.2 Å². The van der Waals surface area contributed by atoms with Crippen molar-refractivity contribution in [3.05, 3.63) is 64.1 Å². The van der Waals surface area contributed by atoms with Crippen LogP contribution in [0.2, 0.25) is 0 Å². The van der Waals surface area contributed by atoms with Gasteiger partial charge in [0.1, 0.15) is 6.54 Å². The maximum atomic E-state index is 12.6. The van der Waals surface area contributed by atoms with Crippen LogP contribution in [0.4, 0.5) is 5.69 Å². The van der Waals surface area contributed by atoms with Crippen LogP contribution in [0.1, 0.15) is 48.5 Å². The second-order valence-corrected chi connectivity index (χ2v) is 8.90. The molecule has 6 nitrogen and oxygen atoms in total. The minimum Gasteiger partial charge on any atom is -0.349 e. The van der Waals surface area contributed by atoms with Crippen LogP contribution in [0.25, 0.3) is 0 Å². The van der Waals surface area contributed by atoms with E-state index in [0.29, 0.717) is 17.2 Å². The summed E-state index contributed by atoms with van der Waals surface area (Å²) in [5.74, 6) is 1.86. The van der Waals surface area contributed by atoms with Gasteiger partial charge in [-0.15, -0.1) is 0 Å². The van der Waals surface area contributed by atoms with Crippen molar-refractivity contribution in [3.63, 3.8) is 0 Å². The van der Waals surface area contributed by atoms with Gasteiger partial charge in [-0.25, -0.2) is 0 Å². The molecule has 2 N–H and O–H groups in total. The number of benzene rings is 1. The third-order valence-corrected chi connectivity index (χ3v) is 6.67. The lowest BCUT2D eigenvalue weighted by molar-refractivity contribution is -0.116. The number of carbonyl (C=O) groups excluding carboxylic acids is 2. The zero-order valence-corrected chi connectivity index (χ0v) is 17.6. The molecule has 30 heavy (non-hydrogen) atoms. The summed E-state index contributed by atoms with van der Waals surface area (Å²) in [6.07, 6.45) is 6.88. The molecule has 4 atom stereocenters. The molecule has 2 amide bonds. The highest BCUT2D eigenvalue weighted by Crippen LogP contribution is 2.49. The van der Waals surface area contributed by atoms with E-state index in [4.69, 9.17) is 0 Å². The second-order valence-electron chi connectivity index (χ2n) is 8.90. The van der Waals surface area contributed by atoms with Crippen LogP contribution in [0.5, 0.6) is 0 Å². The normalized spacial score (nSPS) is 23.2. The molecule has 1 aromatic heterocycles. The van der Waals surface area contributed by atoms with Crippen molar-refractivity contribution in [2.45, 2.75) is 52.1 Å². The number of hydrogen-bond donors (Lipinski definition) is 2. The van der Waals surface area contributed by atoms with E-state index >= 15 is 0 Å². The maximum Gasteiger partial charge on any atom is 0.251 e. The van der Waals surface area contributed by atoms with E-state index in [9.17, 15) is 14.4 Å². The lowest BCUT2D eigenvalue weighted by atomic mass is 9.84. The molecule has 2 bridgehead atoms. The van der Waals surface area contributed by atoms with Crippen LogP contribution in [0, 0.1) is 24.7 Å². The van der Waals surface area contributed by atoms with Gasteiger partial charge in [0.25, 0.3) is 11.5 Å². The van der Waals surface area contributed by atoms with Crippen molar-refractivity contribution < 1.29 is 9.59 Å². The highest BCUT2D eigenvalue weighted by atomic mass is 16.2. The van der Waals surface area contributed by atoms with Crippen LogP contribution < -0.4 is 16.2 Å². The largest absolute Gasteiger partial charge is 0.349 e. The van der Waals surface area contributed by atoms with Crippen molar-refractivity contribution in [3.8, 4) is 0 Å². The first-order chi connectivity index (χ1) is 14.4. The molecule has 0 aliphatic heterocycles. The summed E-state index contributed by atoms with van der Waals surface area (Å²) in [7, 11) is 0. The molecule has 1 heterocycles. The van der Waals surface area contributed by atoms with Gasteiger partial charge in [-0.05, 0) is 80.7 Å². The van der Waals surface area contributed by atoms with Gasteiger partial charge in [0.2, 0.25) is 5.91 Å². The van der Waals surface area contributed by atoms with Gasteiger partial charge in [0.15, 0.2) is 0 Å². The molecule has 0 spiro atoms. The number of aromatic nitrogens is 1. The lowest BCUT2D eigenvalue weighted by Crippen LogP contribution is -2.40. The number of pyridine rings is 1. The van der Waals surface area contributed by atoms with Gasteiger partial charge >= 0.3 is 0 Å². The molecule has 1 aromatic carbocycles. The summed E-state index contributed by atoms with van der Waals surface area (Å²) < 4.78 is 1.38. The molecule has 2 saturated carbocycles. The molecule has 4 rings (SSSR count). The van der Waals surface area contributed by atoms with Gasteiger partial charge in [-0.3, -0.25) is 14.4 Å². The van der Waals surface area contributed by atoms with Gasteiger partial charge in [-0.2, -0.15) is 0 Å². The molecular weight excluding hydrogens is 378 g/mol. The molecular formula is C24H29N3O3. The fourth-order valence-corrected chi connectivity index (χ4v) is 5.14. The lowest BCUT2D eigenvalue weighted by Gasteiger charge is -2.28. The van der Waals surface area contributed by atoms with Crippen molar-refractivity contribution in [1.82, 2.24) is 9.88 Å². The Morgan fingerprint density at radius 3 is 2.53 bits per heavy atom. The van der Waals surface area contributed by atoms with Crippen molar-refractivity contribution in [1.29, 1.82) is 0 Å². The average Bonchev–Trinajstić information content (AvgIpc) is 3.35. The molecule has 2 aliphatic carbocycles. The summed E-state index contributed by atoms with van der Waals surface area (Å²) in [6, 6.07) is 10.2. The Balaban J connectivity index is 1.32. The first-order valence-electron chi connectivity index (χ1n) is 10.8. The monoisotopic (exact) mass is 407 g/mol. The first-order valence-corrected chi connectivity index (χ1v) is 10.8. The standard InChI is InChI=1S/C24H29N3O3/c1-15-3-10-23(29)27(13-15)14-22(28)26-20-8-6-18(7-9-20)24(30)25-16(2)21-12-17-4-5-19(21)11-17/h3,6-10,13,16-17,19,21H,4-5,11-12,14H2,1-2H3,(H,25,30)(H,26,28). The summed E-state index contributed by atoms with van der Waals surface area (Å²) >= 11 is 0. The van der Waals surface area contributed by atoms with Gasteiger partial charge in [0.05, 0.1) is 0 Å². The molecule has 2 aliphatic rings. The number of aryl methyl sites for hydroxylation is 1. The Morgan fingerprint density at radius 2 is 1.87 bits per heavy atom. The average molecular weight is 408 g/mol. The number of carbonyl (C=O) groups is 2. The summed E-state index contributed by atoms with van der Waals surface area (Å²) in [5, 5.41) is 5.94. The molecule has 6 heteroatoms. The Labute approximate surface area is 176 Å². The number of nitrogens with one attached hydrogen (secondary N) is 2. The smallest absolute Gasteiger partial charge is 0.251 e. The van der Waals surface area contributed by atoms with E-state index in [1.54, 1.807) is 36.5 Å². The van der Waals surface area contributed by atoms with E-state index < -0.39 is 0 Å². The third kappa shape index (κ3) is 4.48. The number of nitrogens with zero attached hydrogens (tertiary/aromatic N) is 1. The number of amides is 2. The second kappa shape index (κ2) is 8.46. The number of hydrogen-bond acceptors (Lipinski definition) is 3. The number of anilines is 1. The Bertz CT molecular complexity index is 996. The summed E-state index contributed by atoms with van der Waals surface area (Å²) in [4.78, 5) is 36.7. The predicted molar refractivity (Wildman–Crippen MR) is 116 cm³/mol. The van der Waals surface area contributed by atoms with Crippen LogP contribution >= 0.6 is 0 Å². The minimum atomic E-state index is -0.287.